The van der Waals surface area contributed by atoms with Gasteiger partial charge in [-0.1, -0.05) is 18.9 Å². The number of carbonyl (C=O) groups excluding carboxylic acids is 1. The van der Waals surface area contributed by atoms with Crippen LogP contribution < -0.4 is 5.32 Å². The summed E-state index contributed by atoms with van der Waals surface area (Å²) in [7, 11) is -3.74. The molecule has 1 heterocycles. The van der Waals surface area contributed by atoms with Gasteiger partial charge in [0, 0.05) is 30.9 Å². The molecule has 1 N–H and O–H groups in total. The molecule has 0 aliphatic carbocycles. The summed E-state index contributed by atoms with van der Waals surface area (Å²) < 4.78 is 27.3. The lowest BCUT2D eigenvalue weighted by Crippen LogP contribution is -2.32. The van der Waals surface area contributed by atoms with Crippen molar-refractivity contribution in [1.29, 1.82) is 0 Å². The van der Waals surface area contributed by atoms with Crippen LogP contribution in [0.3, 0.4) is 0 Å². The van der Waals surface area contributed by atoms with Crippen LogP contribution >= 0.6 is 0 Å². The van der Waals surface area contributed by atoms with Crippen LogP contribution in [0.1, 0.15) is 36.0 Å². The lowest BCUT2D eigenvalue weighted by Gasteiger charge is -2.20. The van der Waals surface area contributed by atoms with Gasteiger partial charge < -0.3 is 5.32 Å². The molecule has 0 atom stereocenters. The van der Waals surface area contributed by atoms with E-state index >= 15 is 0 Å². The predicted molar refractivity (Wildman–Crippen MR) is 111 cm³/mol. The zero-order valence-electron chi connectivity index (χ0n) is 16.4. The number of sulfonamides is 1. The second kappa shape index (κ2) is 9.18. The van der Waals surface area contributed by atoms with Gasteiger partial charge in [-0.3, -0.25) is 25.0 Å². The van der Waals surface area contributed by atoms with E-state index in [4.69, 9.17) is 0 Å². The number of hydrogen-bond acceptors (Lipinski definition) is 7. The molecule has 0 aromatic heterocycles. The number of carbonyl (C=O) groups is 1. The van der Waals surface area contributed by atoms with Crippen LogP contribution in [0.15, 0.2) is 47.4 Å². The maximum absolute atomic E-state index is 13.0. The summed E-state index contributed by atoms with van der Waals surface area (Å²) in [6.07, 6.45) is 3.50. The van der Waals surface area contributed by atoms with Gasteiger partial charge in [0.2, 0.25) is 10.0 Å². The number of rotatable bonds is 6. The number of nitrogens with zero attached hydrogens (tertiary/aromatic N) is 3. The highest BCUT2D eigenvalue weighted by atomic mass is 32.2. The van der Waals surface area contributed by atoms with Crippen LogP contribution in [0.5, 0.6) is 0 Å². The number of nitro benzene ring substituents is 2. The zero-order valence-corrected chi connectivity index (χ0v) is 17.2. The Morgan fingerprint density at radius 2 is 1.48 bits per heavy atom. The van der Waals surface area contributed by atoms with E-state index in [1.807, 2.05) is 0 Å². The average Bonchev–Trinajstić information content (AvgIpc) is 3.03. The number of non-ortho nitro benzene ring substituents is 2. The minimum atomic E-state index is -3.74. The minimum absolute atomic E-state index is 0.0113. The topological polar surface area (TPSA) is 153 Å². The van der Waals surface area contributed by atoms with Gasteiger partial charge in [-0.05, 0) is 31.0 Å². The Kier molecular flexibility index (Phi) is 6.61. The summed E-state index contributed by atoms with van der Waals surface area (Å²) >= 11 is 0. The normalized spacial score (nSPS) is 15.1. The second-order valence-corrected chi connectivity index (χ2v) is 8.99. The molecular formula is C19H20N4O7S. The molecule has 31 heavy (non-hydrogen) atoms. The van der Waals surface area contributed by atoms with Gasteiger partial charge in [-0.2, -0.15) is 4.31 Å². The third kappa shape index (κ3) is 5.22. The highest BCUT2D eigenvalue weighted by molar-refractivity contribution is 7.89. The highest BCUT2D eigenvalue weighted by Crippen LogP contribution is 2.25. The van der Waals surface area contributed by atoms with Crippen molar-refractivity contribution >= 4 is 33.0 Å². The molecule has 3 rings (SSSR count). The molecule has 0 saturated carbocycles. The lowest BCUT2D eigenvalue weighted by molar-refractivity contribution is -0.394. The van der Waals surface area contributed by atoms with Crippen LogP contribution in [-0.2, 0) is 10.0 Å². The van der Waals surface area contributed by atoms with Crippen molar-refractivity contribution in [3.05, 3.63) is 68.3 Å². The van der Waals surface area contributed by atoms with E-state index in [-0.39, 0.29) is 16.1 Å². The number of anilines is 1. The van der Waals surface area contributed by atoms with E-state index in [9.17, 15) is 33.4 Å². The molecule has 1 aliphatic heterocycles. The van der Waals surface area contributed by atoms with Crippen LogP contribution in [0.25, 0.3) is 0 Å². The quantitative estimate of drug-likeness (QED) is 0.525. The minimum Gasteiger partial charge on any atom is -0.322 e. The van der Waals surface area contributed by atoms with Gasteiger partial charge in [0.05, 0.1) is 26.4 Å². The molecule has 12 heteroatoms. The van der Waals surface area contributed by atoms with Crippen LogP contribution in [0.4, 0.5) is 17.1 Å². The van der Waals surface area contributed by atoms with Crippen molar-refractivity contribution < 1.29 is 23.1 Å². The second-order valence-electron chi connectivity index (χ2n) is 7.05. The van der Waals surface area contributed by atoms with Gasteiger partial charge >= 0.3 is 0 Å². The first-order valence-corrected chi connectivity index (χ1v) is 11.0. The molecule has 0 spiro atoms. The standard InChI is InChI=1S/C19H20N4O7S/c24-19(14-10-16(22(25)26)13-17(11-14)23(27)28)20-15-6-5-7-18(12-15)31(29,30)21-8-3-1-2-4-9-21/h5-7,10-13H,1-4,8-9H2,(H,20,24). The highest BCUT2D eigenvalue weighted by Gasteiger charge is 2.26. The summed E-state index contributed by atoms with van der Waals surface area (Å²) in [5, 5.41) is 24.5. The molecular weight excluding hydrogens is 428 g/mol. The Bertz CT molecular complexity index is 1090. The molecule has 2 aromatic rings. The van der Waals surface area contributed by atoms with E-state index in [0.29, 0.717) is 13.1 Å². The molecule has 11 nitrogen and oxygen atoms in total. The summed E-state index contributed by atoms with van der Waals surface area (Å²) in [6.45, 7) is 0.854. The van der Waals surface area contributed by atoms with E-state index < -0.39 is 37.2 Å². The van der Waals surface area contributed by atoms with Crippen molar-refractivity contribution in [1.82, 2.24) is 4.31 Å². The Hall–Kier alpha value is -3.38. The molecule has 164 valence electrons. The molecule has 1 fully saturated rings. The Labute approximate surface area is 178 Å². The smallest absolute Gasteiger partial charge is 0.277 e. The first kappa shape index (κ1) is 22.3. The van der Waals surface area contributed by atoms with Gasteiger partial charge in [0.1, 0.15) is 0 Å². The maximum atomic E-state index is 13.0. The number of nitrogens with one attached hydrogen (secondary N) is 1. The zero-order chi connectivity index (χ0) is 22.6. The van der Waals surface area contributed by atoms with E-state index in [1.165, 1.54) is 28.6 Å². The lowest BCUT2D eigenvalue weighted by atomic mass is 10.1. The van der Waals surface area contributed by atoms with Crippen molar-refractivity contribution in [3.8, 4) is 0 Å². The van der Waals surface area contributed by atoms with Gasteiger partial charge in [-0.15, -0.1) is 0 Å². The monoisotopic (exact) mass is 448 g/mol. The largest absolute Gasteiger partial charge is 0.322 e. The average molecular weight is 448 g/mol. The fourth-order valence-corrected chi connectivity index (χ4v) is 4.87. The first-order valence-electron chi connectivity index (χ1n) is 9.54. The molecule has 2 aromatic carbocycles. The molecule has 0 radical (unpaired) electrons. The summed E-state index contributed by atoms with van der Waals surface area (Å²) in [5.41, 5.74) is -1.34. The van der Waals surface area contributed by atoms with Gasteiger partial charge in [0.15, 0.2) is 0 Å². The van der Waals surface area contributed by atoms with Crippen molar-refractivity contribution in [3.63, 3.8) is 0 Å². The first-order chi connectivity index (χ1) is 14.7. The Balaban J connectivity index is 1.86. The van der Waals surface area contributed by atoms with Gasteiger partial charge in [-0.25, -0.2) is 8.42 Å². The van der Waals surface area contributed by atoms with Crippen LogP contribution in [0.2, 0.25) is 0 Å². The molecule has 0 unspecified atom stereocenters. The molecule has 1 amide bonds. The summed E-state index contributed by atoms with van der Waals surface area (Å²) in [4.78, 5) is 32.9. The fraction of sp³-hybridized carbons (Fsp3) is 0.316. The van der Waals surface area contributed by atoms with Crippen LogP contribution in [0, 0.1) is 20.2 Å². The van der Waals surface area contributed by atoms with E-state index in [0.717, 1.165) is 43.9 Å². The van der Waals surface area contributed by atoms with Crippen molar-refractivity contribution in [2.45, 2.75) is 30.6 Å². The summed E-state index contributed by atoms with van der Waals surface area (Å²) in [5.74, 6) is -0.837. The van der Waals surface area contributed by atoms with Gasteiger partial charge in [0.25, 0.3) is 17.3 Å². The Morgan fingerprint density at radius 1 is 0.903 bits per heavy atom. The SMILES string of the molecule is O=C(Nc1cccc(S(=O)(=O)N2CCCCCC2)c1)c1cc([N+](=O)[O-])cc([N+](=O)[O-])c1. The predicted octanol–water partition coefficient (Wildman–Crippen LogP) is 3.32. The summed E-state index contributed by atoms with van der Waals surface area (Å²) in [6, 6.07) is 8.24. The Morgan fingerprint density at radius 3 is 2.03 bits per heavy atom. The number of nitro groups is 2. The number of amides is 1. The number of hydrogen-bond donors (Lipinski definition) is 1. The van der Waals surface area contributed by atoms with E-state index in [1.54, 1.807) is 0 Å². The molecule has 0 bridgehead atoms. The van der Waals surface area contributed by atoms with Crippen molar-refractivity contribution in [2.24, 2.45) is 0 Å². The fourth-order valence-electron chi connectivity index (χ4n) is 3.31. The molecule has 1 saturated heterocycles. The van der Waals surface area contributed by atoms with Crippen molar-refractivity contribution in [2.75, 3.05) is 18.4 Å². The molecule has 1 aliphatic rings. The third-order valence-electron chi connectivity index (χ3n) is 4.88. The van der Waals surface area contributed by atoms with Crippen LogP contribution in [-0.4, -0.2) is 41.6 Å². The van der Waals surface area contributed by atoms with E-state index in [2.05, 4.69) is 5.32 Å². The third-order valence-corrected chi connectivity index (χ3v) is 6.78. The maximum Gasteiger partial charge on any atom is 0.277 e. The number of benzene rings is 2.